The molecule has 7 heteroatoms. The molecule has 0 fully saturated rings. The van der Waals surface area contributed by atoms with Crippen LogP contribution in [0.2, 0.25) is 0 Å². The lowest BCUT2D eigenvalue weighted by Crippen LogP contribution is -2.00. The zero-order valence-corrected chi connectivity index (χ0v) is 41.4. The molecule has 5 aromatic heterocycles. The van der Waals surface area contributed by atoms with Crippen LogP contribution in [0.1, 0.15) is 0 Å². The molecule has 16 rings (SSSR count). The van der Waals surface area contributed by atoms with Gasteiger partial charge in [-0.1, -0.05) is 176 Å². The summed E-state index contributed by atoms with van der Waals surface area (Å²) in [6.07, 6.45) is 0. The van der Waals surface area contributed by atoms with E-state index in [2.05, 4.69) is 193 Å². The number of para-hydroxylation sites is 4. The molecular weight excluding hydrogens is 949 g/mol. The molecule has 6 nitrogen and oxygen atoms in total. The molecule has 0 aliphatic heterocycles. The van der Waals surface area contributed by atoms with Crippen LogP contribution < -0.4 is 0 Å². The molecule has 0 radical (unpaired) electrons. The van der Waals surface area contributed by atoms with Crippen LogP contribution in [0.4, 0.5) is 0 Å². The Balaban J connectivity index is 0.788. The molecule has 5 heterocycles. The number of benzene rings is 11. The van der Waals surface area contributed by atoms with Gasteiger partial charge in [-0.3, -0.25) is 0 Å². The highest BCUT2D eigenvalue weighted by atomic mass is 32.1. The predicted octanol–water partition coefficient (Wildman–Crippen LogP) is 19.1. The zero-order chi connectivity index (χ0) is 49.8. The van der Waals surface area contributed by atoms with Crippen LogP contribution in [-0.2, 0) is 0 Å². The highest BCUT2D eigenvalue weighted by Crippen LogP contribution is 2.45. The Labute approximate surface area is 439 Å². The molecule has 0 atom stereocenters. The van der Waals surface area contributed by atoms with Crippen molar-refractivity contribution >= 4 is 97.2 Å². The average Bonchev–Trinajstić information content (AvgIpc) is 4.30. The monoisotopic (exact) mass is 988 g/mol. The lowest BCUT2D eigenvalue weighted by atomic mass is 9.98. The van der Waals surface area contributed by atoms with Crippen LogP contribution in [0.5, 0.6) is 0 Å². The van der Waals surface area contributed by atoms with Gasteiger partial charge in [-0.2, -0.15) is 0 Å². The first-order chi connectivity index (χ1) is 37.6. The summed E-state index contributed by atoms with van der Waals surface area (Å²) in [7, 11) is 0. The third-order valence-electron chi connectivity index (χ3n) is 15.1. The van der Waals surface area contributed by atoms with Crippen molar-refractivity contribution < 1.29 is 8.83 Å². The van der Waals surface area contributed by atoms with Gasteiger partial charge in [0.05, 0.1) is 11.0 Å². The lowest BCUT2D eigenvalue weighted by Gasteiger charge is -2.10. The number of fused-ring (bicyclic) bond motifs is 12. The van der Waals surface area contributed by atoms with Gasteiger partial charge in [0.25, 0.3) is 0 Å². The van der Waals surface area contributed by atoms with Gasteiger partial charge in [-0.15, -0.1) is 11.3 Å². The second-order valence-corrected chi connectivity index (χ2v) is 20.5. The highest BCUT2D eigenvalue weighted by Gasteiger charge is 2.21. The van der Waals surface area contributed by atoms with E-state index >= 15 is 0 Å². The first kappa shape index (κ1) is 42.5. The van der Waals surface area contributed by atoms with Gasteiger partial charge in [-0.05, 0) is 94.5 Å². The molecule has 0 N–H and O–H groups in total. The van der Waals surface area contributed by atoms with Crippen molar-refractivity contribution in [2.24, 2.45) is 0 Å². The van der Waals surface area contributed by atoms with Crippen LogP contribution in [0.25, 0.3) is 159 Å². The molecule has 0 amide bonds. The maximum Gasteiger partial charge on any atom is 0.164 e. The van der Waals surface area contributed by atoms with Gasteiger partial charge in [-0.25, -0.2) is 15.0 Å². The van der Waals surface area contributed by atoms with Crippen LogP contribution >= 0.6 is 11.3 Å². The van der Waals surface area contributed by atoms with E-state index < -0.39 is 0 Å². The zero-order valence-electron chi connectivity index (χ0n) is 40.6. The summed E-state index contributed by atoms with van der Waals surface area (Å²) >= 11 is 1.86. The Kier molecular flexibility index (Phi) is 9.40. The summed E-state index contributed by atoms with van der Waals surface area (Å²) in [5.41, 5.74) is 16.3. The number of thiophene rings is 1. The minimum Gasteiger partial charge on any atom is -0.456 e. The average molecular weight is 989 g/mol. The largest absolute Gasteiger partial charge is 0.456 e. The molecule has 76 heavy (non-hydrogen) atoms. The first-order valence-corrected chi connectivity index (χ1v) is 26.3. The number of hydrogen-bond acceptors (Lipinski definition) is 6. The molecule has 0 saturated heterocycles. The third-order valence-corrected chi connectivity index (χ3v) is 16.3. The minimum atomic E-state index is 0.571. The Morgan fingerprint density at radius 3 is 1.72 bits per heavy atom. The number of hydrogen-bond donors (Lipinski definition) is 0. The Morgan fingerprint density at radius 2 is 0.882 bits per heavy atom. The summed E-state index contributed by atoms with van der Waals surface area (Å²) < 4.78 is 17.9. The van der Waals surface area contributed by atoms with E-state index in [9.17, 15) is 0 Å². The quantitative estimate of drug-likeness (QED) is 0.159. The molecule has 0 spiro atoms. The fourth-order valence-corrected chi connectivity index (χ4v) is 12.7. The van der Waals surface area contributed by atoms with Gasteiger partial charge >= 0.3 is 0 Å². The van der Waals surface area contributed by atoms with Gasteiger partial charge < -0.3 is 13.4 Å². The third kappa shape index (κ3) is 6.69. The van der Waals surface area contributed by atoms with Gasteiger partial charge in [0.1, 0.15) is 22.3 Å². The van der Waals surface area contributed by atoms with E-state index in [4.69, 9.17) is 23.8 Å². The summed E-state index contributed by atoms with van der Waals surface area (Å²) in [6.45, 7) is 0. The lowest BCUT2D eigenvalue weighted by molar-refractivity contribution is 0.669. The molecule has 11 aromatic carbocycles. The van der Waals surface area contributed by atoms with E-state index in [1.54, 1.807) is 0 Å². The minimum absolute atomic E-state index is 0.571. The second-order valence-electron chi connectivity index (χ2n) is 19.4. The molecule has 0 unspecified atom stereocenters. The normalized spacial score (nSPS) is 11.9. The van der Waals surface area contributed by atoms with Crippen LogP contribution in [0.15, 0.2) is 251 Å². The molecule has 0 bridgehead atoms. The predicted molar refractivity (Wildman–Crippen MR) is 314 cm³/mol. The van der Waals surface area contributed by atoms with Crippen LogP contribution in [0.3, 0.4) is 0 Å². The SMILES string of the molecule is c1ccc(-c2nc(-c3ccc(-c4cccc5c4oc4ccccc45)cc3)nc(-c3cccc4oc5ccc(-c6ccc7sc8c(-c9ccc%10c(c9)c9ccccc9n%10-c9ccccc9)cccc8c7c6)cc5c34)n2)cc1. The van der Waals surface area contributed by atoms with E-state index in [1.807, 2.05) is 65.9 Å². The van der Waals surface area contributed by atoms with Crippen molar-refractivity contribution in [3.05, 3.63) is 243 Å². The molecule has 354 valence electrons. The number of nitrogens with zero attached hydrogens (tertiary/aromatic N) is 4. The molecule has 16 aromatic rings. The van der Waals surface area contributed by atoms with Gasteiger partial charge in [0, 0.05) is 80.4 Å². The van der Waals surface area contributed by atoms with E-state index in [1.165, 1.54) is 53.1 Å². The maximum atomic E-state index is 6.61. The topological polar surface area (TPSA) is 69.9 Å². The van der Waals surface area contributed by atoms with Crippen molar-refractivity contribution in [1.82, 2.24) is 19.5 Å². The Hall–Kier alpha value is -9.95. The standard InChI is InChI=1S/C69H40N4O2S/c1-3-14-42(15-4-1)67-70-68(43-30-28-41(29-31-43)48-20-11-22-52-51-19-8-10-26-60(51)75-65(48)52)72-69(71-67)54-24-13-27-62-64(54)57-39-44(33-36-61(57)74-62)45-34-37-63-56(38-45)53-23-12-21-49(66(53)76-63)46-32-35-59-55(40-46)50-18-7-9-25-58(50)73(59)47-16-5-2-6-17-47/h1-40H. The van der Waals surface area contributed by atoms with Gasteiger partial charge in [0.15, 0.2) is 17.5 Å². The molecule has 0 aliphatic carbocycles. The maximum absolute atomic E-state index is 6.61. The summed E-state index contributed by atoms with van der Waals surface area (Å²) in [5.74, 6) is 1.75. The van der Waals surface area contributed by atoms with Crippen molar-refractivity contribution in [3.63, 3.8) is 0 Å². The molecule has 0 aliphatic rings. The fraction of sp³-hybridized carbons (Fsp3) is 0. The van der Waals surface area contributed by atoms with Crippen LogP contribution in [0, 0.1) is 0 Å². The van der Waals surface area contributed by atoms with Crippen molar-refractivity contribution in [1.29, 1.82) is 0 Å². The van der Waals surface area contributed by atoms with E-state index in [-0.39, 0.29) is 0 Å². The number of aromatic nitrogens is 4. The Bertz CT molecular complexity index is 4990. The Morgan fingerprint density at radius 1 is 0.316 bits per heavy atom. The van der Waals surface area contributed by atoms with Crippen molar-refractivity contribution in [3.8, 4) is 73.2 Å². The van der Waals surface area contributed by atoms with E-state index in [0.29, 0.717) is 17.5 Å². The van der Waals surface area contributed by atoms with E-state index in [0.717, 1.165) is 88.5 Å². The van der Waals surface area contributed by atoms with Crippen LogP contribution in [-0.4, -0.2) is 19.5 Å². The number of rotatable bonds is 7. The van der Waals surface area contributed by atoms with Crippen molar-refractivity contribution in [2.75, 3.05) is 0 Å². The van der Waals surface area contributed by atoms with Crippen molar-refractivity contribution in [2.45, 2.75) is 0 Å². The first-order valence-electron chi connectivity index (χ1n) is 25.5. The highest BCUT2D eigenvalue weighted by molar-refractivity contribution is 7.26. The second kappa shape index (κ2) is 16.8. The number of furan rings is 2. The molecular formula is C69H40N4O2S. The summed E-state index contributed by atoms with van der Waals surface area (Å²) in [5, 5.41) is 9.15. The smallest absolute Gasteiger partial charge is 0.164 e. The van der Waals surface area contributed by atoms with Gasteiger partial charge in [0.2, 0.25) is 0 Å². The molecule has 0 saturated carbocycles. The summed E-state index contributed by atoms with van der Waals surface area (Å²) in [6, 6.07) is 85.7. The fourth-order valence-electron chi connectivity index (χ4n) is 11.5. The summed E-state index contributed by atoms with van der Waals surface area (Å²) in [4.78, 5) is 15.5.